The van der Waals surface area contributed by atoms with E-state index in [0.29, 0.717) is 0 Å². The third-order valence-electron chi connectivity index (χ3n) is 2.92. The van der Waals surface area contributed by atoms with Gasteiger partial charge < -0.3 is 0 Å². The molecule has 1 fully saturated rings. The van der Waals surface area contributed by atoms with E-state index in [9.17, 15) is 0 Å². The van der Waals surface area contributed by atoms with Crippen molar-refractivity contribution in [3.63, 3.8) is 0 Å². The smallest absolute Gasteiger partial charge is 0.0159 e. The lowest BCUT2D eigenvalue weighted by molar-refractivity contribution is 0.394. The number of hydrogen-bond donors (Lipinski definition) is 0. The molecule has 0 N–H and O–H groups in total. The standard InChI is InChI=1S/C11H14/c1-8-6-10-4-3-5-11(10)7-9(8)2/h3-4,10-11H,1-2,5-7H2. The van der Waals surface area contributed by atoms with Crippen molar-refractivity contribution in [3.05, 3.63) is 36.5 Å². The maximum atomic E-state index is 4.03. The average Bonchev–Trinajstić information content (AvgIpc) is 2.36. The second-order valence-electron chi connectivity index (χ2n) is 3.70. The van der Waals surface area contributed by atoms with Gasteiger partial charge in [-0.1, -0.05) is 36.5 Å². The summed E-state index contributed by atoms with van der Waals surface area (Å²) < 4.78 is 0. The van der Waals surface area contributed by atoms with E-state index in [1.54, 1.807) is 0 Å². The molecule has 0 amide bonds. The Morgan fingerprint density at radius 1 is 1.18 bits per heavy atom. The lowest BCUT2D eigenvalue weighted by atomic mass is 9.77. The molecule has 0 aromatic carbocycles. The summed E-state index contributed by atoms with van der Waals surface area (Å²) in [6.07, 6.45) is 8.25. The van der Waals surface area contributed by atoms with E-state index in [-0.39, 0.29) is 0 Å². The number of hydrogen-bond acceptors (Lipinski definition) is 0. The zero-order valence-electron chi connectivity index (χ0n) is 6.84. The first-order valence-electron chi connectivity index (χ1n) is 4.30. The van der Waals surface area contributed by atoms with Gasteiger partial charge in [0.2, 0.25) is 0 Å². The van der Waals surface area contributed by atoms with Gasteiger partial charge in [-0.3, -0.25) is 0 Å². The third kappa shape index (κ3) is 1.07. The van der Waals surface area contributed by atoms with Crippen LogP contribution in [0.1, 0.15) is 19.3 Å². The van der Waals surface area contributed by atoms with Crippen LogP contribution in [-0.2, 0) is 0 Å². The van der Waals surface area contributed by atoms with Gasteiger partial charge in [0.25, 0.3) is 0 Å². The predicted octanol–water partition coefficient (Wildman–Crippen LogP) is 3.08. The molecule has 11 heavy (non-hydrogen) atoms. The highest BCUT2D eigenvalue weighted by Crippen LogP contribution is 2.41. The summed E-state index contributed by atoms with van der Waals surface area (Å²) in [4.78, 5) is 0. The Balaban J connectivity index is 2.16. The Morgan fingerprint density at radius 2 is 1.91 bits per heavy atom. The molecule has 0 bridgehead atoms. The lowest BCUT2D eigenvalue weighted by Gasteiger charge is -2.28. The van der Waals surface area contributed by atoms with Crippen LogP contribution in [0.3, 0.4) is 0 Å². The minimum absolute atomic E-state index is 0.785. The van der Waals surface area contributed by atoms with Crippen molar-refractivity contribution < 1.29 is 0 Å². The average molecular weight is 146 g/mol. The first-order valence-corrected chi connectivity index (χ1v) is 4.30. The predicted molar refractivity (Wildman–Crippen MR) is 48.3 cm³/mol. The highest BCUT2D eigenvalue weighted by atomic mass is 14.3. The summed E-state index contributed by atoms with van der Waals surface area (Å²) in [6, 6.07) is 0. The molecule has 0 heteroatoms. The normalized spacial score (nSPS) is 36.0. The maximum Gasteiger partial charge on any atom is -0.0159 e. The maximum absolute atomic E-state index is 4.03. The molecule has 1 saturated carbocycles. The summed E-state index contributed by atoms with van der Waals surface area (Å²) in [5.74, 6) is 1.64. The molecule has 2 atom stereocenters. The summed E-state index contributed by atoms with van der Waals surface area (Å²) in [5.41, 5.74) is 2.56. The van der Waals surface area contributed by atoms with Crippen LogP contribution in [0, 0.1) is 11.8 Å². The first-order chi connectivity index (χ1) is 5.27. The Morgan fingerprint density at radius 3 is 2.73 bits per heavy atom. The highest BCUT2D eigenvalue weighted by molar-refractivity contribution is 5.31. The van der Waals surface area contributed by atoms with Crippen molar-refractivity contribution >= 4 is 0 Å². The van der Waals surface area contributed by atoms with Crippen LogP contribution >= 0.6 is 0 Å². The highest BCUT2D eigenvalue weighted by Gasteiger charge is 2.28. The van der Waals surface area contributed by atoms with Crippen LogP contribution in [0.2, 0.25) is 0 Å². The van der Waals surface area contributed by atoms with Crippen molar-refractivity contribution in [3.8, 4) is 0 Å². The number of rotatable bonds is 0. The van der Waals surface area contributed by atoms with E-state index in [1.807, 2.05) is 0 Å². The van der Waals surface area contributed by atoms with Crippen molar-refractivity contribution in [1.29, 1.82) is 0 Å². The molecule has 0 aliphatic heterocycles. The summed E-state index contributed by atoms with van der Waals surface area (Å²) in [7, 11) is 0. The number of allylic oxidation sites excluding steroid dienone is 4. The molecule has 2 aliphatic rings. The molecule has 0 saturated heterocycles. The zero-order valence-corrected chi connectivity index (χ0v) is 6.84. The fourth-order valence-corrected chi connectivity index (χ4v) is 2.12. The SMILES string of the molecule is C=C1CC2C=CCC2CC1=C. The van der Waals surface area contributed by atoms with Crippen molar-refractivity contribution in [2.75, 3.05) is 0 Å². The molecule has 2 unspecified atom stereocenters. The fourth-order valence-electron chi connectivity index (χ4n) is 2.12. The molecule has 0 spiro atoms. The first kappa shape index (κ1) is 6.90. The molecule has 0 nitrogen and oxygen atoms in total. The zero-order chi connectivity index (χ0) is 7.84. The Kier molecular flexibility index (Phi) is 1.49. The Hall–Kier alpha value is -0.780. The van der Waals surface area contributed by atoms with E-state index < -0.39 is 0 Å². The van der Waals surface area contributed by atoms with E-state index in [1.165, 1.54) is 24.0 Å². The molecule has 2 rings (SSSR count). The van der Waals surface area contributed by atoms with Crippen molar-refractivity contribution in [2.45, 2.75) is 19.3 Å². The van der Waals surface area contributed by atoms with Gasteiger partial charge in [-0.2, -0.15) is 0 Å². The van der Waals surface area contributed by atoms with Gasteiger partial charge in [0.15, 0.2) is 0 Å². The third-order valence-corrected chi connectivity index (χ3v) is 2.92. The van der Waals surface area contributed by atoms with E-state index in [4.69, 9.17) is 0 Å². The summed E-state index contributed by atoms with van der Waals surface area (Å²) >= 11 is 0. The molecular formula is C11H14. The lowest BCUT2D eigenvalue weighted by Crippen LogP contribution is -2.16. The van der Waals surface area contributed by atoms with Gasteiger partial charge in [-0.25, -0.2) is 0 Å². The number of fused-ring (bicyclic) bond motifs is 1. The molecule has 58 valence electrons. The van der Waals surface area contributed by atoms with E-state index >= 15 is 0 Å². The van der Waals surface area contributed by atoms with Crippen LogP contribution in [0.15, 0.2) is 36.5 Å². The van der Waals surface area contributed by atoms with Crippen LogP contribution in [0.4, 0.5) is 0 Å². The topological polar surface area (TPSA) is 0 Å². The van der Waals surface area contributed by atoms with Gasteiger partial charge in [-0.15, -0.1) is 0 Å². The summed E-state index contributed by atoms with van der Waals surface area (Å²) in [6.45, 7) is 8.05. The van der Waals surface area contributed by atoms with Gasteiger partial charge in [0.1, 0.15) is 0 Å². The fraction of sp³-hybridized carbons (Fsp3) is 0.455. The van der Waals surface area contributed by atoms with Gasteiger partial charge in [-0.05, 0) is 31.1 Å². The van der Waals surface area contributed by atoms with Gasteiger partial charge in [0.05, 0.1) is 0 Å². The van der Waals surface area contributed by atoms with E-state index in [2.05, 4.69) is 25.3 Å². The monoisotopic (exact) mass is 146 g/mol. The van der Waals surface area contributed by atoms with Crippen LogP contribution < -0.4 is 0 Å². The van der Waals surface area contributed by atoms with Crippen molar-refractivity contribution in [1.82, 2.24) is 0 Å². The van der Waals surface area contributed by atoms with Crippen LogP contribution in [0.5, 0.6) is 0 Å². The van der Waals surface area contributed by atoms with Crippen LogP contribution in [-0.4, -0.2) is 0 Å². The minimum Gasteiger partial charge on any atom is -0.0956 e. The molecule has 0 radical (unpaired) electrons. The second kappa shape index (κ2) is 2.37. The van der Waals surface area contributed by atoms with Gasteiger partial charge >= 0.3 is 0 Å². The van der Waals surface area contributed by atoms with Crippen LogP contribution in [0.25, 0.3) is 0 Å². The Bertz CT molecular complexity index is 232. The molecule has 0 aromatic heterocycles. The quantitative estimate of drug-likeness (QED) is 0.461. The Labute approximate surface area is 68.3 Å². The molecule has 0 aromatic rings. The largest absolute Gasteiger partial charge is 0.0956 e. The summed E-state index contributed by atoms with van der Waals surface area (Å²) in [5, 5.41) is 0. The second-order valence-corrected chi connectivity index (χ2v) is 3.70. The van der Waals surface area contributed by atoms with Crippen molar-refractivity contribution in [2.24, 2.45) is 11.8 Å². The minimum atomic E-state index is 0.785. The van der Waals surface area contributed by atoms with Gasteiger partial charge in [0, 0.05) is 0 Å². The molecule has 0 heterocycles. The molecule has 2 aliphatic carbocycles. The van der Waals surface area contributed by atoms with E-state index in [0.717, 1.165) is 18.3 Å². The molecular weight excluding hydrogens is 132 g/mol.